The van der Waals surface area contributed by atoms with E-state index < -0.39 is 0 Å². The van der Waals surface area contributed by atoms with Crippen LogP contribution in [0.3, 0.4) is 0 Å². The SMILES string of the molecule is CCN(P)c1ccc(CC=C(Br)Br)cc1. The van der Waals surface area contributed by atoms with Crippen molar-refractivity contribution < 1.29 is 0 Å². The van der Waals surface area contributed by atoms with Crippen molar-refractivity contribution in [1.82, 2.24) is 0 Å². The van der Waals surface area contributed by atoms with Gasteiger partial charge in [-0.15, -0.1) is 0 Å². The summed E-state index contributed by atoms with van der Waals surface area (Å²) in [6.45, 7) is 3.13. The predicted octanol–water partition coefficient (Wildman–Crippen LogP) is 4.48. The van der Waals surface area contributed by atoms with Gasteiger partial charge in [0.05, 0.1) is 3.39 Å². The van der Waals surface area contributed by atoms with Crippen LogP contribution < -0.4 is 4.67 Å². The molecular weight excluding hydrogens is 337 g/mol. The van der Waals surface area contributed by atoms with Gasteiger partial charge in [0.25, 0.3) is 0 Å². The maximum absolute atomic E-state index is 3.35. The molecule has 0 aliphatic carbocycles. The largest absolute Gasteiger partial charge is 0.356 e. The van der Waals surface area contributed by atoms with Gasteiger partial charge < -0.3 is 4.67 Å². The van der Waals surface area contributed by atoms with Crippen molar-refractivity contribution in [2.24, 2.45) is 0 Å². The van der Waals surface area contributed by atoms with Crippen LogP contribution in [0, 0.1) is 0 Å². The Kier molecular flexibility index (Phi) is 5.88. The highest BCUT2D eigenvalue weighted by Gasteiger charge is 1.97. The topological polar surface area (TPSA) is 3.24 Å². The fraction of sp³-hybridized carbons (Fsp3) is 0.273. The summed E-state index contributed by atoms with van der Waals surface area (Å²) in [4.78, 5) is 0. The molecule has 0 N–H and O–H groups in total. The zero-order valence-corrected chi connectivity index (χ0v) is 12.9. The molecule has 0 spiro atoms. The second kappa shape index (κ2) is 6.67. The predicted molar refractivity (Wildman–Crippen MR) is 78.8 cm³/mol. The van der Waals surface area contributed by atoms with E-state index in [1.807, 2.05) is 0 Å². The van der Waals surface area contributed by atoms with E-state index in [4.69, 9.17) is 0 Å². The minimum absolute atomic E-state index is 0.940. The number of allylic oxidation sites excluding steroid dienone is 1. The Morgan fingerprint density at radius 2 is 1.93 bits per heavy atom. The molecule has 0 amide bonds. The second-order valence-corrected chi connectivity index (χ2v) is 6.55. The first-order chi connectivity index (χ1) is 7.13. The molecule has 1 atom stereocenters. The normalized spacial score (nSPS) is 9.87. The van der Waals surface area contributed by atoms with Crippen molar-refractivity contribution in [1.29, 1.82) is 0 Å². The van der Waals surface area contributed by atoms with Crippen LogP contribution >= 0.6 is 41.3 Å². The molecule has 4 heteroatoms. The summed E-state index contributed by atoms with van der Waals surface area (Å²) in [6, 6.07) is 8.59. The van der Waals surface area contributed by atoms with E-state index in [2.05, 4.69) is 83.2 Å². The standard InChI is InChI=1S/C11H14Br2NP/c1-2-14(15)10-6-3-9(4-7-10)5-8-11(12)13/h3-4,6-8H,2,5,15H2,1H3. The first-order valence-corrected chi connectivity index (χ1v) is 6.86. The number of benzene rings is 1. The highest BCUT2D eigenvalue weighted by molar-refractivity contribution is 9.28. The van der Waals surface area contributed by atoms with Gasteiger partial charge >= 0.3 is 0 Å². The summed E-state index contributed by atoms with van der Waals surface area (Å²) in [6.07, 6.45) is 3.03. The van der Waals surface area contributed by atoms with Crippen molar-refractivity contribution in [3.05, 3.63) is 39.3 Å². The van der Waals surface area contributed by atoms with E-state index in [-0.39, 0.29) is 0 Å². The second-order valence-electron chi connectivity index (χ2n) is 3.15. The van der Waals surface area contributed by atoms with Crippen LogP contribution in [0.5, 0.6) is 0 Å². The van der Waals surface area contributed by atoms with Gasteiger partial charge in [-0.1, -0.05) is 18.2 Å². The fourth-order valence-electron chi connectivity index (χ4n) is 1.20. The minimum Gasteiger partial charge on any atom is -0.356 e. The van der Waals surface area contributed by atoms with E-state index in [9.17, 15) is 0 Å². The van der Waals surface area contributed by atoms with Gasteiger partial charge in [0.15, 0.2) is 0 Å². The van der Waals surface area contributed by atoms with Crippen molar-refractivity contribution in [3.63, 3.8) is 0 Å². The molecule has 0 bridgehead atoms. The molecule has 0 aromatic heterocycles. The summed E-state index contributed by atoms with van der Waals surface area (Å²) >= 11 is 6.69. The highest BCUT2D eigenvalue weighted by Crippen LogP contribution is 2.20. The molecule has 15 heavy (non-hydrogen) atoms. The molecule has 0 saturated heterocycles. The summed E-state index contributed by atoms with van der Waals surface area (Å²) in [7, 11) is 2.71. The average Bonchev–Trinajstić information content (AvgIpc) is 2.26. The van der Waals surface area contributed by atoms with Crippen LogP contribution in [0.2, 0.25) is 0 Å². The Bertz CT molecular complexity index is 331. The molecule has 0 radical (unpaired) electrons. The molecule has 1 aromatic carbocycles. The lowest BCUT2D eigenvalue weighted by Gasteiger charge is -2.16. The van der Waals surface area contributed by atoms with Crippen LogP contribution in [0.15, 0.2) is 33.7 Å². The molecule has 0 saturated carbocycles. The van der Waals surface area contributed by atoms with Crippen molar-refractivity contribution in [2.45, 2.75) is 13.3 Å². The van der Waals surface area contributed by atoms with Crippen molar-refractivity contribution in [2.75, 3.05) is 11.2 Å². The van der Waals surface area contributed by atoms with Gasteiger partial charge in [-0.05, 0) is 72.3 Å². The van der Waals surface area contributed by atoms with Gasteiger partial charge in [0, 0.05) is 12.2 Å². The molecule has 0 heterocycles. The number of halogens is 2. The molecule has 1 rings (SSSR count). The fourth-order valence-corrected chi connectivity index (χ4v) is 1.70. The first kappa shape index (κ1) is 13.2. The van der Waals surface area contributed by atoms with Crippen LogP contribution in [0.25, 0.3) is 0 Å². The summed E-state index contributed by atoms with van der Waals surface area (Å²) < 4.78 is 3.14. The molecule has 0 aliphatic rings. The summed E-state index contributed by atoms with van der Waals surface area (Å²) in [5.74, 6) is 0. The Morgan fingerprint density at radius 3 is 2.40 bits per heavy atom. The number of hydrogen-bond acceptors (Lipinski definition) is 1. The number of rotatable bonds is 4. The smallest absolute Gasteiger partial charge is 0.0567 e. The lowest BCUT2D eigenvalue weighted by Crippen LogP contribution is -2.06. The molecular formula is C11H14Br2NP. The van der Waals surface area contributed by atoms with E-state index in [0.717, 1.165) is 16.4 Å². The first-order valence-electron chi connectivity index (χ1n) is 4.75. The van der Waals surface area contributed by atoms with Gasteiger partial charge in [-0.25, -0.2) is 0 Å². The van der Waals surface area contributed by atoms with Gasteiger partial charge in [-0.2, -0.15) is 0 Å². The van der Waals surface area contributed by atoms with Gasteiger partial charge in [-0.3, -0.25) is 0 Å². The maximum atomic E-state index is 3.35. The van der Waals surface area contributed by atoms with E-state index in [1.165, 1.54) is 11.3 Å². The van der Waals surface area contributed by atoms with Crippen LogP contribution in [-0.2, 0) is 6.42 Å². The average molecular weight is 351 g/mol. The van der Waals surface area contributed by atoms with Crippen molar-refractivity contribution >= 4 is 46.9 Å². The number of hydrogen-bond donors (Lipinski definition) is 0. The molecule has 82 valence electrons. The third-order valence-corrected chi connectivity index (χ3v) is 3.41. The third-order valence-electron chi connectivity index (χ3n) is 2.10. The molecule has 0 fully saturated rings. The maximum Gasteiger partial charge on any atom is 0.0567 e. The molecule has 1 aromatic rings. The molecule has 0 aliphatic heterocycles. The Labute approximate surface area is 110 Å². The number of nitrogens with zero attached hydrogens (tertiary/aromatic N) is 1. The van der Waals surface area contributed by atoms with Crippen LogP contribution in [0.1, 0.15) is 12.5 Å². The highest BCUT2D eigenvalue weighted by atomic mass is 79.9. The Balaban J connectivity index is 2.68. The van der Waals surface area contributed by atoms with Gasteiger partial charge in [0.1, 0.15) is 0 Å². The monoisotopic (exact) mass is 349 g/mol. The van der Waals surface area contributed by atoms with E-state index >= 15 is 0 Å². The Morgan fingerprint density at radius 1 is 1.33 bits per heavy atom. The lowest BCUT2D eigenvalue weighted by atomic mass is 10.1. The number of anilines is 1. The molecule has 1 nitrogen and oxygen atoms in total. The van der Waals surface area contributed by atoms with Crippen LogP contribution in [0.4, 0.5) is 5.69 Å². The molecule has 1 unspecified atom stereocenters. The zero-order valence-electron chi connectivity index (χ0n) is 8.58. The van der Waals surface area contributed by atoms with E-state index in [0.29, 0.717) is 0 Å². The van der Waals surface area contributed by atoms with Crippen molar-refractivity contribution in [3.8, 4) is 0 Å². The van der Waals surface area contributed by atoms with Crippen LogP contribution in [-0.4, -0.2) is 6.54 Å². The zero-order chi connectivity index (χ0) is 11.3. The minimum atomic E-state index is 0.940. The van der Waals surface area contributed by atoms with E-state index in [1.54, 1.807) is 0 Å². The summed E-state index contributed by atoms with van der Waals surface area (Å²) in [5, 5.41) is 0. The lowest BCUT2D eigenvalue weighted by molar-refractivity contribution is 1.11. The van der Waals surface area contributed by atoms with Gasteiger partial charge in [0.2, 0.25) is 0 Å². The quantitative estimate of drug-likeness (QED) is 0.724. The summed E-state index contributed by atoms with van der Waals surface area (Å²) in [5.41, 5.74) is 2.54. The Hall–Kier alpha value is 0.150. The third kappa shape index (κ3) is 4.67.